The lowest BCUT2D eigenvalue weighted by molar-refractivity contribution is 0.104. The number of hydrogen-bond acceptors (Lipinski definition) is 1. The Kier molecular flexibility index (Phi) is 3.88. The van der Waals surface area contributed by atoms with E-state index in [9.17, 15) is 13.6 Å². The summed E-state index contributed by atoms with van der Waals surface area (Å²) in [6, 6.07) is 17.0. The second-order valence-corrected chi connectivity index (χ2v) is 6.17. The number of aromatic nitrogens is 1. The zero-order chi connectivity index (χ0) is 18.3. The van der Waals surface area contributed by atoms with Crippen LogP contribution in [0.5, 0.6) is 0 Å². The maximum absolute atomic E-state index is 13.7. The number of allylic oxidation sites excluding steroid dienone is 1. The van der Waals surface area contributed by atoms with Gasteiger partial charge in [-0.3, -0.25) is 4.79 Å². The lowest BCUT2D eigenvalue weighted by Gasteiger charge is -2.00. The molecule has 0 spiro atoms. The first-order chi connectivity index (χ1) is 12.5. The number of halogens is 2. The van der Waals surface area contributed by atoms with E-state index in [0.717, 1.165) is 39.5 Å². The van der Waals surface area contributed by atoms with Gasteiger partial charge in [-0.2, -0.15) is 0 Å². The zero-order valence-electron chi connectivity index (χ0n) is 14.0. The van der Waals surface area contributed by atoms with Gasteiger partial charge in [-0.1, -0.05) is 30.3 Å². The van der Waals surface area contributed by atoms with Crippen molar-refractivity contribution in [2.75, 3.05) is 0 Å². The first kappa shape index (κ1) is 16.2. The van der Waals surface area contributed by atoms with Gasteiger partial charge in [0, 0.05) is 34.9 Å². The Labute approximate surface area is 149 Å². The molecule has 0 fully saturated rings. The van der Waals surface area contributed by atoms with Crippen molar-refractivity contribution in [3.05, 3.63) is 89.5 Å². The molecule has 1 heterocycles. The van der Waals surface area contributed by atoms with Crippen LogP contribution in [0.15, 0.2) is 66.7 Å². The van der Waals surface area contributed by atoms with E-state index in [2.05, 4.69) is 16.7 Å². The molecule has 128 valence electrons. The van der Waals surface area contributed by atoms with Gasteiger partial charge in [-0.15, -0.1) is 0 Å². The minimum atomic E-state index is -0.857. The number of carbonyl (C=O) groups excluding carboxylic acids is 1. The average molecular weight is 347 g/mol. The fraction of sp³-hybridized carbons (Fsp3) is 0.0455. The van der Waals surface area contributed by atoms with Crippen LogP contribution in [-0.2, 0) is 7.05 Å². The van der Waals surface area contributed by atoms with Gasteiger partial charge in [0.1, 0.15) is 11.6 Å². The van der Waals surface area contributed by atoms with Gasteiger partial charge in [-0.25, -0.2) is 8.78 Å². The van der Waals surface area contributed by atoms with E-state index in [1.807, 2.05) is 37.4 Å². The summed E-state index contributed by atoms with van der Waals surface area (Å²) < 4.78 is 28.8. The van der Waals surface area contributed by atoms with Gasteiger partial charge < -0.3 is 4.57 Å². The van der Waals surface area contributed by atoms with Crippen LogP contribution in [0.3, 0.4) is 0 Å². The number of nitrogens with zero attached hydrogens (tertiary/aromatic N) is 1. The predicted molar refractivity (Wildman–Crippen MR) is 100 cm³/mol. The third-order valence-corrected chi connectivity index (χ3v) is 4.56. The Morgan fingerprint density at radius 3 is 2.50 bits per heavy atom. The summed E-state index contributed by atoms with van der Waals surface area (Å²) in [6.45, 7) is 0. The number of carbonyl (C=O) groups is 1. The van der Waals surface area contributed by atoms with Crippen LogP contribution >= 0.6 is 0 Å². The molecule has 0 N–H and O–H groups in total. The third-order valence-electron chi connectivity index (χ3n) is 4.56. The molecule has 0 amide bonds. The molecular formula is C22H15F2NO. The van der Waals surface area contributed by atoms with Crippen molar-refractivity contribution in [1.29, 1.82) is 0 Å². The highest BCUT2D eigenvalue weighted by atomic mass is 19.1. The summed E-state index contributed by atoms with van der Waals surface area (Å²) in [5, 5.41) is 2.22. The van der Waals surface area contributed by atoms with E-state index in [4.69, 9.17) is 0 Å². The molecule has 0 aliphatic rings. The predicted octanol–water partition coefficient (Wildman–Crippen LogP) is 5.51. The lowest BCUT2D eigenvalue weighted by Crippen LogP contribution is -1.99. The summed E-state index contributed by atoms with van der Waals surface area (Å²) in [7, 11) is 2.01. The molecule has 0 atom stereocenters. The van der Waals surface area contributed by atoms with Crippen molar-refractivity contribution in [2.24, 2.45) is 7.05 Å². The Morgan fingerprint density at radius 1 is 0.923 bits per heavy atom. The number of hydrogen-bond donors (Lipinski definition) is 0. The fourth-order valence-corrected chi connectivity index (χ4v) is 3.24. The summed E-state index contributed by atoms with van der Waals surface area (Å²) in [6.07, 6.45) is 2.95. The van der Waals surface area contributed by atoms with Crippen molar-refractivity contribution >= 4 is 33.7 Å². The van der Waals surface area contributed by atoms with Gasteiger partial charge in [0.2, 0.25) is 0 Å². The van der Waals surface area contributed by atoms with Gasteiger partial charge in [0.05, 0.1) is 5.56 Å². The van der Waals surface area contributed by atoms with Crippen LogP contribution in [-0.4, -0.2) is 10.4 Å². The van der Waals surface area contributed by atoms with Crippen molar-refractivity contribution in [2.45, 2.75) is 0 Å². The van der Waals surface area contributed by atoms with Crippen LogP contribution < -0.4 is 0 Å². The van der Waals surface area contributed by atoms with E-state index in [1.165, 1.54) is 6.08 Å². The molecule has 0 saturated heterocycles. The van der Waals surface area contributed by atoms with Crippen molar-refractivity contribution in [3.63, 3.8) is 0 Å². The van der Waals surface area contributed by atoms with Gasteiger partial charge in [-0.05, 0) is 42.0 Å². The third kappa shape index (κ3) is 2.69. The molecule has 26 heavy (non-hydrogen) atoms. The van der Waals surface area contributed by atoms with E-state index in [0.29, 0.717) is 6.07 Å². The highest BCUT2D eigenvalue weighted by Gasteiger charge is 2.10. The largest absolute Gasteiger partial charge is 0.344 e. The highest BCUT2D eigenvalue weighted by Crippen LogP contribution is 2.29. The molecule has 2 nitrogen and oxygen atoms in total. The number of ketones is 1. The monoisotopic (exact) mass is 347 g/mol. The number of rotatable bonds is 3. The van der Waals surface area contributed by atoms with Crippen molar-refractivity contribution in [3.8, 4) is 0 Å². The average Bonchev–Trinajstić information content (AvgIpc) is 2.92. The lowest BCUT2D eigenvalue weighted by atomic mass is 10.1. The molecule has 3 aromatic carbocycles. The molecule has 0 radical (unpaired) electrons. The summed E-state index contributed by atoms with van der Waals surface area (Å²) in [4.78, 5) is 12.2. The Balaban J connectivity index is 1.72. The number of aryl methyl sites for hydroxylation is 1. The molecule has 4 aromatic rings. The van der Waals surface area contributed by atoms with E-state index < -0.39 is 17.4 Å². The van der Waals surface area contributed by atoms with E-state index in [1.54, 1.807) is 6.08 Å². The standard InChI is InChI=1S/C22H15F2NO/c1-25-20-5-3-2-4-16(20)18-12-14(6-10-21(18)25)7-11-22(26)17-9-8-15(23)13-19(17)24/h2-13H,1H3/b11-7+. The molecule has 1 aromatic heterocycles. The maximum Gasteiger partial charge on any atom is 0.188 e. The fourth-order valence-electron chi connectivity index (χ4n) is 3.24. The first-order valence-corrected chi connectivity index (χ1v) is 8.19. The topological polar surface area (TPSA) is 22.0 Å². The normalized spacial score (nSPS) is 11.7. The smallest absolute Gasteiger partial charge is 0.188 e. The summed E-state index contributed by atoms with van der Waals surface area (Å²) in [5.74, 6) is -2.06. The SMILES string of the molecule is Cn1c2ccccc2c2cc(/C=C/C(=O)c3ccc(F)cc3F)ccc21. The second kappa shape index (κ2) is 6.23. The van der Waals surface area contributed by atoms with Crippen LogP contribution in [0.25, 0.3) is 27.9 Å². The van der Waals surface area contributed by atoms with Crippen molar-refractivity contribution < 1.29 is 13.6 Å². The molecule has 4 heteroatoms. The quantitative estimate of drug-likeness (QED) is 0.354. The molecule has 0 bridgehead atoms. The maximum atomic E-state index is 13.7. The van der Waals surface area contributed by atoms with Crippen LogP contribution in [0.2, 0.25) is 0 Å². The number of fused-ring (bicyclic) bond motifs is 3. The van der Waals surface area contributed by atoms with E-state index >= 15 is 0 Å². The summed E-state index contributed by atoms with van der Waals surface area (Å²) in [5.41, 5.74) is 2.92. The van der Waals surface area contributed by atoms with E-state index in [-0.39, 0.29) is 5.56 Å². The number of para-hydroxylation sites is 1. The Hall–Kier alpha value is -3.27. The Bertz CT molecular complexity index is 1190. The second-order valence-electron chi connectivity index (χ2n) is 6.17. The molecule has 0 aliphatic carbocycles. The number of benzene rings is 3. The zero-order valence-corrected chi connectivity index (χ0v) is 14.0. The summed E-state index contributed by atoms with van der Waals surface area (Å²) >= 11 is 0. The highest BCUT2D eigenvalue weighted by molar-refractivity contribution is 6.10. The minimum absolute atomic E-state index is 0.145. The molecule has 0 aliphatic heterocycles. The van der Waals surface area contributed by atoms with Crippen LogP contribution in [0.1, 0.15) is 15.9 Å². The van der Waals surface area contributed by atoms with Crippen LogP contribution in [0.4, 0.5) is 8.78 Å². The molecule has 0 saturated carbocycles. The first-order valence-electron chi connectivity index (χ1n) is 8.19. The van der Waals surface area contributed by atoms with Crippen molar-refractivity contribution in [1.82, 2.24) is 4.57 Å². The van der Waals surface area contributed by atoms with Gasteiger partial charge in [0.25, 0.3) is 0 Å². The van der Waals surface area contributed by atoms with Crippen LogP contribution in [0, 0.1) is 11.6 Å². The van der Waals surface area contributed by atoms with Gasteiger partial charge in [0.15, 0.2) is 5.78 Å². The molecule has 4 rings (SSSR count). The molecule has 0 unspecified atom stereocenters. The molecular weight excluding hydrogens is 332 g/mol. The minimum Gasteiger partial charge on any atom is -0.344 e. The Morgan fingerprint density at radius 2 is 1.69 bits per heavy atom. The van der Waals surface area contributed by atoms with Gasteiger partial charge >= 0.3 is 0 Å².